The van der Waals surface area contributed by atoms with Gasteiger partial charge in [0.05, 0.1) is 11.5 Å². The van der Waals surface area contributed by atoms with Crippen LogP contribution in [0.3, 0.4) is 0 Å². The molecule has 1 unspecified atom stereocenters. The van der Waals surface area contributed by atoms with Crippen molar-refractivity contribution in [3.63, 3.8) is 0 Å². The topological polar surface area (TPSA) is 29.5 Å². The average Bonchev–Trinajstić information content (AvgIpc) is 2.30. The van der Waals surface area contributed by atoms with E-state index < -0.39 is 11.0 Å². The predicted molar refractivity (Wildman–Crippen MR) is 54.7 cm³/mol. The van der Waals surface area contributed by atoms with Crippen LogP contribution in [0.4, 0.5) is 0 Å². The Hall–Kier alpha value is -0.710. The van der Waals surface area contributed by atoms with E-state index in [4.69, 9.17) is 4.84 Å². The van der Waals surface area contributed by atoms with Gasteiger partial charge in [0.2, 0.25) is 0 Å². The standard InChI is InChI=1S/C10H13NO2S/c12-14(10-6-2-1-3-7-10)11-8-4-5-9-13-11/h1-3,6-7H,4-5,8-9H2. The second-order valence-corrected chi connectivity index (χ2v) is 4.54. The molecule has 1 aromatic carbocycles. The van der Waals surface area contributed by atoms with Crippen molar-refractivity contribution >= 4 is 11.0 Å². The van der Waals surface area contributed by atoms with E-state index >= 15 is 0 Å². The molecule has 1 saturated heterocycles. The summed E-state index contributed by atoms with van der Waals surface area (Å²) < 4.78 is 13.5. The highest BCUT2D eigenvalue weighted by atomic mass is 32.2. The fourth-order valence-corrected chi connectivity index (χ4v) is 2.45. The number of hydroxylamine groups is 1. The minimum Gasteiger partial charge on any atom is -0.286 e. The first kappa shape index (κ1) is 9.83. The average molecular weight is 211 g/mol. The minimum atomic E-state index is -1.16. The Balaban J connectivity index is 2.07. The van der Waals surface area contributed by atoms with E-state index in [1.54, 1.807) is 4.47 Å². The monoisotopic (exact) mass is 211 g/mol. The zero-order chi connectivity index (χ0) is 9.80. The van der Waals surface area contributed by atoms with Gasteiger partial charge in [-0.25, -0.2) is 4.21 Å². The van der Waals surface area contributed by atoms with Crippen LogP contribution in [0.1, 0.15) is 12.8 Å². The van der Waals surface area contributed by atoms with Gasteiger partial charge in [0.1, 0.15) is 0 Å². The summed E-state index contributed by atoms with van der Waals surface area (Å²) in [6.07, 6.45) is 2.11. The maximum Gasteiger partial charge on any atom is 0.151 e. The molecule has 1 atom stereocenters. The molecule has 14 heavy (non-hydrogen) atoms. The lowest BCUT2D eigenvalue weighted by Gasteiger charge is -2.24. The summed E-state index contributed by atoms with van der Waals surface area (Å²) in [5.74, 6) is 0. The van der Waals surface area contributed by atoms with Gasteiger partial charge in [-0.1, -0.05) is 18.2 Å². The molecule has 0 spiro atoms. The smallest absolute Gasteiger partial charge is 0.151 e. The minimum absolute atomic E-state index is 0.679. The first-order chi connectivity index (χ1) is 6.88. The van der Waals surface area contributed by atoms with Crippen molar-refractivity contribution in [2.45, 2.75) is 17.7 Å². The summed E-state index contributed by atoms with van der Waals surface area (Å²) in [6.45, 7) is 1.43. The number of hydrogen-bond donors (Lipinski definition) is 0. The lowest BCUT2D eigenvalue weighted by atomic mass is 10.3. The molecule has 0 saturated carbocycles. The van der Waals surface area contributed by atoms with Gasteiger partial charge in [-0.05, 0) is 25.0 Å². The molecule has 1 fully saturated rings. The van der Waals surface area contributed by atoms with Crippen molar-refractivity contribution in [3.05, 3.63) is 30.3 Å². The molecule has 0 amide bonds. The van der Waals surface area contributed by atoms with Crippen LogP contribution in [-0.2, 0) is 15.8 Å². The van der Waals surface area contributed by atoms with Crippen LogP contribution in [-0.4, -0.2) is 21.8 Å². The van der Waals surface area contributed by atoms with E-state index in [2.05, 4.69) is 0 Å². The molecule has 1 aliphatic rings. The molecular formula is C10H13NO2S. The normalized spacial score (nSPS) is 20.6. The Morgan fingerprint density at radius 1 is 1.21 bits per heavy atom. The summed E-state index contributed by atoms with van der Waals surface area (Å²) in [5.41, 5.74) is 0. The van der Waals surface area contributed by atoms with Crippen molar-refractivity contribution in [3.8, 4) is 0 Å². The van der Waals surface area contributed by atoms with Gasteiger partial charge < -0.3 is 0 Å². The Morgan fingerprint density at radius 3 is 2.64 bits per heavy atom. The Bertz CT molecular complexity index is 309. The van der Waals surface area contributed by atoms with E-state index in [0.29, 0.717) is 6.61 Å². The molecule has 4 heteroatoms. The van der Waals surface area contributed by atoms with Gasteiger partial charge in [-0.15, -0.1) is 4.47 Å². The first-order valence-corrected chi connectivity index (χ1v) is 5.86. The fourth-order valence-electron chi connectivity index (χ4n) is 1.36. The van der Waals surface area contributed by atoms with Gasteiger partial charge >= 0.3 is 0 Å². The van der Waals surface area contributed by atoms with Crippen molar-refractivity contribution in [1.29, 1.82) is 0 Å². The molecule has 0 N–H and O–H groups in total. The Morgan fingerprint density at radius 2 is 2.00 bits per heavy atom. The highest BCUT2D eigenvalue weighted by Gasteiger charge is 2.18. The second kappa shape index (κ2) is 4.68. The third-order valence-electron chi connectivity index (χ3n) is 2.10. The van der Waals surface area contributed by atoms with Crippen molar-refractivity contribution in [1.82, 2.24) is 4.47 Å². The van der Waals surface area contributed by atoms with Gasteiger partial charge in [0.15, 0.2) is 11.0 Å². The van der Waals surface area contributed by atoms with Crippen molar-refractivity contribution in [2.75, 3.05) is 13.2 Å². The quantitative estimate of drug-likeness (QED) is 0.745. The second-order valence-electron chi connectivity index (χ2n) is 3.16. The van der Waals surface area contributed by atoms with Crippen LogP contribution in [0.5, 0.6) is 0 Å². The van der Waals surface area contributed by atoms with E-state index in [9.17, 15) is 4.21 Å². The molecule has 1 aliphatic heterocycles. The molecule has 0 bridgehead atoms. The summed E-state index contributed by atoms with van der Waals surface area (Å²) in [6, 6.07) is 9.40. The third kappa shape index (κ3) is 2.20. The van der Waals surface area contributed by atoms with Crippen LogP contribution in [0.25, 0.3) is 0 Å². The fraction of sp³-hybridized carbons (Fsp3) is 0.400. The summed E-state index contributed by atoms with van der Waals surface area (Å²) in [7, 11) is -1.16. The first-order valence-electron chi connectivity index (χ1n) is 4.75. The zero-order valence-electron chi connectivity index (χ0n) is 7.89. The van der Waals surface area contributed by atoms with E-state index in [1.807, 2.05) is 30.3 Å². The number of hydrogen-bond acceptors (Lipinski definition) is 2. The van der Waals surface area contributed by atoms with Crippen molar-refractivity contribution in [2.24, 2.45) is 0 Å². The maximum absolute atomic E-state index is 11.9. The Labute approximate surface area is 86.2 Å². The summed E-state index contributed by atoms with van der Waals surface area (Å²) in [5, 5.41) is 0. The predicted octanol–water partition coefficient (Wildman–Crippen LogP) is 1.74. The van der Waals surface area contributed by atoms with Crippen LogP contribution < -0.4 is 0 Å². The molecule has 76 valence electrons. The molecule has 0 aliphatic carbocycles. The molecule has 3 nitrogen and oxygen atoms in total. The van der Waals surface area contributed by atoms with Crippen LogP contribution >= 0.6 is 0 Å². The number of benzene rings is 1. The zero-order valence-corrected chi connectivity index (χ0v) is 8.70. The van der Waals surface area contributed by atoms with E-state index in [1.165, 1.54) is 0 Å². The van der Waals surface area contributed by atoms with Gasteiger partial charge in [0.25, 0.3) is 0 Å². The van der Waals surface area contributed by atoms with Crippen LogP contribution in [0.2, 0.25) is 0 Å². The molecule has 2 rings (SSSR count). The maximum atomic E-state index is 11.9. The van der Waals surface area contributed by atoms with Gasteiger partial charge in [0, 0.05) is 6.54 Å². The van der Waals surface area contributed by atoms with Crippen molar-refractivity contribution < 1.29 is 9.05 Å². The Kier molecular flexibility index (Phi) is 3.29. The summed E-state index contributed by atoms with van der Waals surface area (Å²) in [4.78, 5) is 6.13. The van der Waals surface area contributed by atoms with E-state index in [0.717, 1.165) is 24.3 Å². The summed E-state index contributed by atoms with van der Waals surface area (Å²) >= 11 is 0. The molecule has 0 radical (unpaired) electrons. The lowest BCUT2D eigenvalue weighted by molar-refractivity contribution is -0.104. The van der Waals surface area contributed by atoms with E-state index in [-0.39, 0.29) is 0 Å². The third-order valence-corrected chi connectivity index (χ3v) is 3.43. The van der Waals surface area contributed by atoms with Gasteiger partial charge in [-0.2, -0.15) is 0 Å². The van der Waals surface area contributed by atoms with Crippen LogP contribution in [0, 0.1) is 0 Å². The lowest BCUT2D eigenvalue weighted by Crippen LogP contribution is -2.31. The number of rotatable bonds is 2. The van der Waals surface area contributed by atoms with Gasteiger partial charge in [-0.3, -0.25) is 4.84 Å². The highest BCUT2D eigenvalue weighted by molar-refractivity contribution is 7.82. The molecule has 1 aromatic rings. The largest absolute Gasteiger partial charge is 0.286 e. The molecule has 0 aromatic heterocycles. The highest BCUT2D eigenvalue weighted by Crippen LogP contribution is 2.15. The molecular weight excluding hydrogens is 198 g/mol. The SMILES string of the molecule is O=S(c1ccccc1)N1CCCCO1. The van der Waals surface area contributed by atoms with Crippen LogP contribution in [0.15, 0.2) is 35.2 Å². The molecule has 1 heterocycles. The number of nitrogens with zero attached hydrogens (tertiary/aromatic N) is 1.